The zero-order chi connectivity index (χ0) is 21.3. The van der Waals surface area contributed by atoms with Crippen molar-refractivity contribution in [3.8, 4) is 0 Å². The summed E-state index contributed by atoms with van der Waals surface area (Å²) in [5.41, 5.74) is 2.42. The van der Waals surface area contributed by atoms with Gasteiger partial charge in [-0.1, -0.05) is 91.0 Å². The fourth-order valence-electron chi connectivity index (χ4n) is 3.02. The Morgan fingerprint density at radius 2 is 1.20 bits per heavy atom. The van der Waals surface area contributed by atoms with Gasteiger partial charge in [-0.2, -0.15) is 0 Å². The van der Waals surface area contributed by atoms with Gasteiger partial charge in [0.15, 0.2) is 6.10 Å². The molecular formula is C25H24O5. The van der Waals surface area contributed by atoms with Crippen molar-refractivity contribution in [2.24, 2.45) is 0 Å². The van der Waals surface area contributed by atoms with Gasteiger partial charge in [0, 0.05) is 6.42 Å². The van der Waals surface area contributed by atoms with Crippen LogP contribution in [-0.4, -0.2) is 29.3 Å². The van der Waals surface area contributed by atoms with Crippen molar-refractivity contribution in [2.75, 3.05) is 0 Å². The van der Waals surface area contributed by atoms with Crippen LogP contribution in [0.25, 0.3) is 0 Å². The lowest BCUT2D eigenvalue weighted by molar-refractivity contribution is -0.174. The van der Waals surface area contributed by atoms with Gasteiger partial charge in [-0.15, -0.1) is 0 Å². The minimum absolute atomic E-state index is 0.147. The fourth-order valence-corrected chi connectivity index (χ4v) is 3.02. The number of rotatable bonds is 8. The van der Waals surface area contributed by atoms with Gasteiger partial charge in [0.05, 0.1) is 0 Å². The van der Waals surface area contributed by atoms with Crippen molar-refractivity contribution in [3.05, 3.63) is 108 Å². The molecule has 0 saturated carbocycles. The molecule has 0 spiro atoms. The lowest BCUT2D eigenvalue weighted by Crippen LogP contribution is -2.35. The number of aliphatic hydroxyl groups excluding tert-OH is 1. The first-order valence-corrected chi connectivity index (χ1v) is 9.77. The number of hydrogen-bond acceptors (Lipinski definition) is 5. The van der Waals surface area contributed by atoms with Crippen LogP contribution >= 0.6 is 0 Å². The number of esters is 2. The van der Waals surface area contributed by atoms with Crippen molar-refractivity contribution < 1.29 is 24.2 Å². The summed E-state index contributed by atoms with van der Waals surface area (Å²) in [5.74, 6) is -1.55. The molecule has 0 unspecified atom stereocenters. The van der Waals surface area contributed by atoms with E-state index >= 15 is 0 Å². The molecule has 30 heavy (non-hydrogen) atoms. The van der Waals surface area contributed by atoms with E-state index in [0.717, 1.165) is 16.7 Å². The maximum atomic E-state index is 13.1. The quantitative estimate of drug-likeness (QED) is 0.577. The van der Waals surface area contributed by atoms with Gasteiger partial charge >= 0.3 is 11.9 Å². The number of benzene rings is 3. The first-order chi connectivity index (χ1) is 14.5. The summed E-state index contributed by atoms with van der Waals surface area (Å²) < 4.78 is 11.1. The minimum Gasteiger partial charge on any atom is -0.450 e. The van der Waals surface area contributed by atoms with E-state index in [2.05, 4.69) is 0 Å². The van der Waals surface area contributed by atoms with Gasteiger partial charge in [0.1, 0.15) is 6.10 Å². The van der Waals surface area contributed by atoms with Crippen LogP contribution in [0.15, 0.2) is 91.0 Å². The Morgan fingerprint density at radius 1 is 0.733 bits per heavy atom. The van der Waals surface area contributed by atoms with E-state index in [-0.39, 0.29) is 6.42 Å². The largest absolute Gasteiger partial charge is 0.450 e. The summed E-state index contributed by atoms with van der Waals surface area (Å²) in [5, 5.41) is 9.53. The standard InChI is InChI=1S/C25H24O5/c1-18(26)24(27)29-22(17-19-11-5-2-6-12-19)25(28)30-23(20-13-7-3-8-14-20)21-15-9-4-10-16-21/h2-16,18,22-23,26H,17H2,1H3/t18-,22-/m0/s1. The van der Waals surface area contributed by atoms with Gasteiger partial charge in [0.2, 0.25) is 6.10 Å². The summed E-state index contributed by atoms with van der Waals surface area (Å²) in [6, 6.07) is 28.0. The Morgan fingerprint density at radius 3 is 1.67 bits per heavy atom. The van der Waals surface area contributed by atoms with Gasteiger partial charge < -0.3 is 14.6 Å². The van der Waals surface area contributed by atoms with Crippen molar-refractivity contribution in [3.63, 3.8) is 0 Å². The highest BCUT2D eigenvalue weighted by Gasteiger charge is 2.30. The lowest BCUT2D eigenvalue weighted by Gasteiger charge is -2.23. The van der Waals surface area contributed by atoms with E-state index in [9.17, 15) is 14.7 Å². The molecule has 0 fully saturated rings. The molecule has 0 saturated heterocycles. The van der Waals surface area contributed by atoms with E-state index < -0.39 is 30.3 Å². The second kappa shape index (κ2) is 10.4. The van der Waals surface area contributed by atoms with Gasteiger partial charge in [-0.25, -0.2) is 9.59 Å². The van der Waals surface area contributed by atoms with Crippen LogP contribution in [0.1, 0.15) is 29.7 Å². The van der Waals surface area contributed by atoms with E-state index in [1.807, 2.05) is 91.0 Å². The fraction of sp³-hybridized carbons (Fsp3) is 0.200. The molecule has 0 amide bonds. The predicted octanol–water partition coefficient (Wildman–Crippen LogP) is 3.85. The highest BCUT2D eigenvalue weighted by molar-refractivity contribution is 5.81. The minimum atomic E-state index is -1.34. The summed E-state index contributed by atoms with van der Waals surface area (Å²) >= 11 is 0. The van der Waals surface area contributed by atoms with E-state index in [4.69, 9.17) is 9.47 Å². The van der Waals surface area contributed by atoms with Crippen LogP contribution in [0.2, 0.25) is 0 Å². The summed E-state index contributed by atoms with van der Waals surface area (Å²) in [7, 11) is 0. The Labute approximate surface area is 175 Å². The number of carbonyl (C=O) groups excluding carboxylic acids is 2. The van der Waals surface area contributed by atoms with Gasteiger partial charge in [-0.05, 0) is 23.6 Å². The molecule has 5 heteroatoms. The second-order valence-corrected chi connectivity index (χ2v) is 6.93. The highest BCUT2D eigenvalue weighted by Crippen LogP contribution is 2.27. The van der Waals surface area contributed by atoms with Crippen LogP contribution in [0.4, 0.5) is 0 Å². The molecule has 3 aromatic carbocycles. The zero-order valence-corrected chi connectivity index (χ0v) is 16.7. The third-order valence-corrected chi connectivity index (χ3v) is 4.56. The highest BCUT2D eigenvalue weighted by atomic mass is 16.6. The molecule has 1 N–H and O–H groups in total. The molecule has 154 valence electrons. The van der Waals surface area contributed by atoms with Gasteiger partial charge in [-0.3, -0.25) is 0 Å². The van der Waals surface area contributed by atoms with Crippen LogP contribution in [0, 0.1) is 0 Å². The molecule has 3 rings (SSSR count). The Kier molecular flexibility index (Phi) is 7.35. The summed E-state index contributed by atoms with van der Waals surface area (Å²) in [6.07, 6.45) is -3.02. The third kappa shape index (κ3) is 5.78. The number of aliphatic hydroxyl groups is 1. The first-order valence-electron chi connectivity index (χ1n) is 9.77. The topological polar surface area (TPSA) is 72.8 Å². The molecule has 0 heterocycles. The molecule has 2 atom stereocenters. The average molecular weight is 404 g/mol. The second-order valence-electron chi connectivity index (χ2n) is 6.93. The SMILES string of the molecule is C[C@H](O)C(=O)O[C@@H](Cc1ccccc1)C(=O)OC(c1ccccc1)c1ccccc1. The van der Waals surface area contributed by atoms with Crippen molar-refractivity contribution in [1.29, 1.82) is 0 Å². The van der Waals surface area contributed by atoms with Crippen LogP contribution in [0.5, 0.6) is 0 Å². The number of hydrogen-bond donors (Lipinski definition) is 1. The molecule has 0 aliphatic rings. The molecule has 3 aromatic rings. The lowest BCUT2D eigenvalue weighted by atomic mass is 10.0. The normalized spacial score (nSPS) is 12.8. The van der Waals surface area contributed by atoms with Crippen LogP contribution < -0.4 is 0 Å². The maximum absolute atomic E-state index is 13.1. The Balaban J connectivity index is 1.86. The van der Waals surface area contributed by atoms with Crippen molar-refractivity contribution in [1.82, 2.24) is 0 Å². The molecule has 0 aromatic heterocycles. The van der Waals surface area contributed by atoms with Crippen molar-refractivity contribution >= 4 is 11.9 Å². The van der Waals surface area contributed by atoms with Crippen LogP contribution in [0.3, 0.4) is 0 Å². The van der Waals surface area contributed by atoms with Crippen molar-refractivity contribution in [2.45, 2.75) is 31.7 Å². The van der Waals surface area contributed by atoms with Gasteiger partial charge in [0.25, 0.3) is 0 Å². The molecule has 0 radical (unpaired) electrons. The maximum Gasteiger partial charge on any atom is 0.348 e. The van der Waals surface area contributed by atoms with Crippen LogP contribution in [-0.2, 0) is 25.5 Å². The number of ether oxygens (including phenoxy) is 2. The average Bonchev–Trinajstić information content (AvgIpc) is 2.78. The Hall–Kier alpha value is -3.44. The molecule has 5 nitrogen and oxygen atoms in total. The molecule has 0 bridgehead atoms. The first kappa shape index (κ1) is 21.3. The molecule has 0 aliphatic heterocycles. The van der Waals surface area contributed by atoms with E-state index in [0.29, 0.717) is 0 Å². The monoisotopic (exact) mass is 404 g/mol. The summed E-state index contributed by atoms with van der Waals surface area (Å²) in [6.45, 7) is 1.30. The number of carbonyl (C=O) groups is 2. The molecular weight excluding hydrogens is 380 g/mol. The zero-order valence-electron chi connectivity index (χ0n) is 16.7. The molecule has 0 aliphatic carbocycles. The van der Waals surface area contributed by atoms with E-state index in [1.165, 1.54) is 6.92 Å². The third-order valence-electron chi connectivity index (χ3n) is 4.56. The predicted molar refractivity (Wildman–Crippen MR) is 113 cm³/mol. The Bertz CT molecular complexity index is 900. The summed E-state index contributed by atoms with van der Waals surface area (Å²) in [4.78, 5) is 25.1. The van der Waals surface area contributed by atoms with E-state index in [1.54, 1.807) is 0 Å². The smallest absolute Gasteiger partial charge is 0.348 e.